The van der Waals surface area contributed by atoms with Gasteiger partial charge in [-0.05, 0) is 83.2 Å². The highest BCUT2D eigenvalue weighted by molar-refractivity contribution is 9.10. The number of methoxy groups -OCH3 is 1. The molecule has 84 heavy (non-hydrogen) atoms. The highest BCUT2D eigenvalue weighted by atomic mass is 79.9. The summed E-state index contributed by atoms with van der Waals surface area (Å²) in [6.07, 6.45) is 9.68. The first-order chi connectivity index (χ1) is 39.5. The SMILES string of the molecule is CCC(=O)/C=N\O.CCC(=O)CC(=O)OC.CCc1c[n+](=O)c(N)c(C#N)[nH]1.CCc1nc(C#N)c(Br)nc1Cl.CCc1nc(C#N)c(Br)nc1NC1CCOCC1.CCc1nc(C#N)c(N)nc1Cl.Cl.N#CC(N)C#N.NC1CCOCC1. The Hall–Kier alpha value is -7.59. The van der Waals surface area contributed by atoms with Gasteiger partial charge in [0.05, 0.1) is 42.0 Å². The van der Waals surface area contributed by atoms with E-state index in [2.05, 4.69) is 82.0 Å². The van der Waals surface area contributed by atoms with E-state index in [9.17, 15) is 19.3 Å². The molecule has 6 rings (SSSR count). The summed E-state index contributed by atoms with van der Waals surface area (Å²) in [6, 6.07) is 10.5. The van der Waals surface area contributed by atoms with E-state index in [-0.39, 0.29) is 64.3 Å². The number of esters is 1. The maximum atomic E-state index is 11.0. The minimum Gasteiger partial charge on any atom is -0.469 e. The molecule has 2 fully saturated rings. The molecule has 0 radical (unpaired) electrons. The van der Waals surface area contributed by atoms with Gasteiger partial charge < -0.3 is 46.9 Å². The van der Waals surface area contributed by atoms with Crippen molar-refractivity contribution in [3.63, 3.8) is 0 Å². The number of nitrogen functional groups attached to an aromatic ring is 2. The number of nitriles is 6. The zero-order valence-corrected chi connectivity index (χ0v) is 52.8. The van der Waals surface area contributed by atoms with Crippen molar-refractivity contribution in [3.05, 3.63) is 76.2 Å². The number of H-pyrrole nitrogens is 1. The molecule has 454 valence electrons. The summed E-state index contributed by atoms with van der Waals surface area (Å²) in [5, 5.41) is 64.4. The smallest absolute Gasteiger partial charge is 0.351 e. The van der Waals surface area contributed by atoms with Gasteiger partial charge >= 0.3 is 11.8 Å². The number of ketones is 2. The first kappa shape index (κ1) is 80.6. The molecule has 4 aromatic heterocycles. The number of halogens is 5. The van der Waals surface area contributed by atoms with Crippen LogP contribution in [-0.2, 0) is 54.3 Å². The summed E-state index contributed by atoms with van der Waals surface area (Å²) in [6.45, 7) is 14.4. The number of aromatic amines is 1. The van der Waals surface area contributed by atoms with Gasteiger partial charge in [-0.25, -0.2) is 29.9 Å². The van der Waals surface area contributed by atoms with E-state index in [1.165, 1.54) is 25.4 Å². The van der Waals surface area contributed by atoms with E-state index in [4.69, 9.17) is 92.4 Å². The van der Waals surface area contributed by atoms with Crippen LogP contribution in [0, 0.1) is 72.9 Å². The first-order valence-electron chi connectivity index (χ1n) is 25.2. The quantitative estimate of drug-likeness (QED) is 0.0209. The van der Waals surface area contributed by atoms with Crippen LogP contribution in [0.25, 0.3) is 0 Å². The summed E-state index contributed by atoms with van der Waals surface area (Å²) in [4.78, 5) is 69.0. The second-order valence-corrected chi connectivity index (χ2v) is 18.3. The second-order valence-electron chi connectivity index (χ2n) is 16.1. The fraction of sp³-hybridized carbons (Fsp3) is 0.490. The molecule has 4 aromatic rings. The monoisotopic (exact) mass is 1350 g/mol. The van der Waals surface area contributed by atoms with E-state index in [0.29, 0.717) is 85.8 Å². The zero-order valence-electron chi connectivity index (χ0n) is 47.3. The van der Waals surface area contributed by atoms with Crippen molar-refractivity contribution in [3.8, 4) is 36.4 Å². The first-order valence-corrected chi connectivity index (χ1v) is 27.5. The fourth-order valence-electron chi connectivity index (χ4n) is 5.52. The molecule has 0 saturated carbocycles. The van der Waals surface area contributed by atoms with Gasteiger partial charge in [-0.2, -0.15) is 31.6 Å². The third-order valence-corrected chi connectivity index (χ3v) is 11.9. The molecule has 2 aliphatic heterocycles. The number of aromatic nitrogens is 8. The number of Topliss-reactive ketones (excluding diaryl/α,β-unsaturated/α-hetero) is 2. The molecule has 0 unspecified atom stereocenters. The Bertz CT molecular complexity index is 2960. The molecule has 11 N–H and O–H groups in total. The molecule has 0 bridgehead atoms. The van der Waals surface area contributed by atoms with Crippen LogP contribution in [0.3, 0.4) is 0 Å². The Morgan fingerprint density at radius 1 is 0.786 bits per heavy atom. The number of rotatable bonds is 11. The number of hydrogen-bond acceptors (Lipinski definition) is 26. The van der Waals surface area contributed by atoms with Gasteiger partial charge in [0.2, 0.25) is 5.69 Å². The van der Waals surface area contributed by atoms with E-state index in [0.717, 1.165) is 76.3 Å². The van der Waals surface area contributed by atoms with Crippen LogP contribution >= 0.6 is 67.5 Å². The number of nitrogens with zero attached hydrogens (tertiary/aromatic N) is 14. The molecular weight excluding hydrogens is 1290 g/mol. The number of carbonyl (C=O) groups excluding carboxylic acids is 3. The number of oxime groups is 1. The van der Waals surface area contributed by atoms with Crippen LogP contribution in [0.2, 0.25) is 10.3 Å². The molecule has 2 aliphatic rings. The highest BCUT2D eigenvalue weighted by Gasteiger charge is 2.18. The van der Waals surface area contributed by atoms with Crippen LogP contribution in [-0.4, -0.2) is 116 Å². The fourth-order valence-corrected chi connectivity index (χ4v) is 6.85. The summed E-state index contributed by atoms with van der Waals surface area (Å²) in [7, 11) is 1.27. The standard InChI is InChI=1S/C12H15BrN4O.C7H5BrClN3.C7H7ClN4.C7H9N4O.C6H10O3.C5H11NO.C4H7NO2.C3H3N3.ClH/c1-2-9-12(15-8-3-5-18-6-4-8)17-11(13)10(7-14)16-9;1-2-4-7(9)12-6(8)5(3-10)11-4;1-2-4-6(8)12-7(10)5(3-9)11-4;1-2-5-4-11(12)7(9)6(3-8)10-5;1-3-5(7)4-6(8)9-2;6-5-1-3-7-4-2-5;1-2-4(6)3-5-7;4-1-3(6)2-5;/h8H,2-6H2,1H3,(H,15,17);2H2,1H3;2H2,1H3,(H2,10,12);4H,2,9H2,1H3,(H,10,12);3-4H2,1-2H3;5H,1-4,6H2;3,7H,2H2,1H3;3H,6H2;1H/q;;;+1;;;;;/b;;;;;;5-3-;;. The molecule has 0 amide bonds. The Morgan fingerprint density at radius 2 is 1.26 bits per heavy atom. The molecule has 33 heteroatoms. The minimum absolute atomic E-state index is 0. The van der Waals surface area contributed by atoms with Gasteiger partial charge in [0.1, 0.15) is 57.7 Å². The number of nitrogens with two attached hydrogens (primary N) is 4. The van der Waals surface area contributed by atoms with Crippen LogP contribution in [0.5, 0.6) is 0 Å². The van der Waals surface area contributed by atoms with Crippen molar-refractivity contribution >= 4 is 109 Å². The second kappa shape index (κ2) is 47.9. The van der Waals surface area contributed by atoms with Gasteiger partial charge in [-0.1, -0.05) is 74.8 Å². The van der Waals surface area contributed by atoms with Crippen LogP contribution in [0.15, 0.2) is 20.6 Å². The van der Waals surface area contributed by atoms with Crippen molar-refractivity contribution in [2.75, 3.05) is 50.3 Å². The molecule has 0 atom stereocenters. The summed E-state index contributed by atoms with van der Waals surface area (Å²) in [5.74, 6) is 0.0656. The summed E-state index contributed by atoms with van der Waals surface area (Å²) >= 11 is 17.8. The van der Waals surface area contributed by atoms with Crippen molar-refractivity contribution in [2.24, 2.45) is 16.6 Å². The number of aryl methyl sites for hydroxylation is 4. The average molecular weight is 1360 g/mol. The largest absolute Gasteiger partial charge is 0.469 e. The van der Waals surface area contributed by atoms with Crippen molar-refractivity contribution < 1.29 is 38.2 Å². The third kappa shape index (κ3) is 33.5. The molecular formula is C51H68Br2Cl3N20O8+. The Morgan fingerprint density at radius 3 is 1.64 bits per heavy atom. The van der Waals surface area contributed by atoms with Gasteiger partial charge in [-0.15, -0.1) is 12.4 Å². The molecule has 28 nitrogen and oxygen atoms in total. The number of ether oxygens (including phenoxy) is 3. The lowest BCUT2D eigenvalue weighted by molar-refractivity contribution is -0.479. The molecule has 0 aliphatic carbocycles. The van der Waals surface area contributed by atoms with E-state index >= 15 is 0 Å². The van der Waals surface area contributed by atoms with Crippen molar-refractivity contribution in [2.45, 2.75) is 130 Å². The van der Waals surface area contributed by atoms with Crippen LogP contribution in [0.4, 0.5) is 17.5 Å². The normalized spacial score (nSPS) is 11.9. The van der Waals surface area contributed by atoms with Crippen molar-refractivity contribution in [1.82, 2.24) is 34.9 Å². The lowest BCUT2D eigenvalue weighted by Gasteiger charge is -2.24. The zero-order chi connectivity index (χ0) is 63.5. The Kier molecular flexibility index (Phi) is 45.9. The van der Waals surface area contributed by atoms with E-state index in [1.54, 1.807) is 13.8 Å². The average Bonchev–Trinajstić information content (AvgIpc) is 3.71. The van der Waals surface area contributed by atoms with Crippen molar-refractivity contribution in [1.29, 1.82) is 31.6 Å². The van der Waals surface area contributed by atoms with Gasteiger partial charge in [0.25, 0.3) is 0 Å². The predicted molar refractivity (Wildman–Crippen MR) is 320 cm³/mol. The topological polar surface area (TPSA) is 486 Å². The minimum atomic E-state index is -0.954. The Balaban J connectivity index is -0.000000913. The van der Waals surface area contributed by atoms with Gasteiger partial charge in [0.15, 0.2) is 51.2 Å². The van der Waals surface area contributed by atoms with E-state index < -0.39 is 12.0 Å². The molecule has 6 heterocycles. The highest BCUT2D eigenvalue weighted by Crippen LogP contribution is 2.22. The maximum Gasteiger partial charge on any atom is 0.351 e. The molecule has 0 aromatic carbocycles. The van der Waals surface area contributed by atoms with Crippen LogP contribution in [0.1, 0.15) is 132 Å². The predicted octanol–water partition coefficient (Wildman–Crippen LogP) is 6.54. The summed E-state index contributed by atoms with van der Waals surface area (Å²) < 4.78 is 16.0. The van der Waals surface area contributed by atoms with E-state index in [1.807, 2.05) is 52.0 Å². The lowest BCUT2D eigenvalue weighted by Crippen LogP contribution is -2.29. The number of nitrogens with one attached hydrogen (secondary N) is 2. The van der Waals surface area contributed by atoms with Crippen LogP contribution < -0.4 is 32.7 Å². The number of anilines is 3. The number of carbonyl (C=O) groups is 3. The van der Waals surface area contributed by atoms with Gasteiger partial charge in [0, 0.05) is 55.8 Å². The third-order valence-electron chi connectivity index (χ3n) is 10.2. The lowest BCUT2D eigenvalue weighted by atomic mass is 10.1. The molecule has 2 saturated heterocycles. The summed E-state index contributed by atoms with van der Waals surface area (Å²) in [5.41, 5.74) is 24.6. The number of hydrogen-bond donors (Lipinski definition) is 7. The van der Waals surface area contributed by atoms with Gasteiger partial charge in [-0.3, -0.25) is 20.1 Å². The maximum absolute atomic E-state index is 11.0. The Labute approximate surface area is 520 Å². The molecule has 0 spiro atoms.